The minimum absolute atomic E-state index is 0.146. The molecule has 2 fully saturated rings. The number of aromatic nitrogens is 3. The van der Waals surface area contributed by atoms with Gasteiger partial charge in [0.15, 0.2) is 16.1 Å². The second kappa shape index (κ2) is 8.18. The largest absolute Gasteiger partial charge is 0.391 e. The normalized spacial score (nSPS) is 25.5. The molecule has 2 aliphatic heterocycles. The van der Waals surface area contributed by atoms with Gasteiger partial charge < -0.3 is 15.3 Å². The van der Waals surface area contributed by atoms with Crippen LogP contribution in [0.25, 0.3) is 10.9 Å². The van der Waals surface area contributed by atoms with E-state index in [4.69, 9.17) is 16.6 Å². The van der Waals surface area contributed by atoms with Crippen molar-refractivity contribution in [2.75, 3.05) is 17.2 Å². The number of anilines is 1. The number of nitrogens with zero attached hydrogens (tertiary/aromatic N) is 4. The van der Waals surface area contributed by atoms with Crippen LogP contribution in [0.5, 0.6) is 0 Å². The van der Waals surface area contributed by atoms with E-state index < -0.39 is 11.9 Å². The summed E-state index contributed by atoms with van der Waals surface area (Å²) in [5.74, 6) is 0.722. The van der Waals surface area contributed by atoms with Crippen molar-refractivity contribution in [1.82, 2.24) is 20.3 Å². The van der Waals surface area contributed by atoms with Crippen molar-refractivity contribution in [2.24, 2.45) is 0 Å². The molecule has 10 heteroatoms. The molecule has 6 nitrogen and oxygen atoms in total. The van der Waals surface area contributed by atoms with Crippen LogP contribution in [0.15, 0.2) is 9.76 Å². The van der Waals surface area contributed by atoms with E-state index in [1.165, 1.54) is 11.8 Å². The molecule has 4 rings (SSSR count). The van der Waals surface area contributed by atoms with Crippen molar-refractivity contribution >= 4 is 56.0 Å². The first-order valence-electron chi connectivity index (χ1n) is 9.50. The monoisotopic (exact) mass is 489 g/mol. The second-order valence-corrected chi connectivity index (χ2v) is 9.50. The first-order valence-corrected chi connectivity index (χ1v) is 11.7. The molecule has 2 aromatic heterocycles. The molecule has 0 unspecified atom stereocenters. The van der Waals surface area contributed by atoms with Gasteiger partial charge in [-0.05, 0) is 40.9 Å². The minimum Gasteiger partial charge on any atom is -0.391 e. The van der Waals surface area contributed by atoms with Gasteiger partial charge in [0, 0.05) is 18.6 Å². The average molecular weight is 491 g/mol. The Morgan fingerprint density at radius 1 is 1.36 bits per heavy atom. The van der Waals surface area contributed by atoms with Crippen molar-refractivity contribution in [3.8, 4) is 0 Å². The lowest BCUT2D eigenvalue weighted by atomic mass is 9.96. The minimum atomic E-state index is -0.646. The molecular formula is C18H22BrClFN5OS. The maximum absolute atomic E-state index is 14.8. The van der Waals surface area contributed by atoms with Crippen molar-refractivity contribution in [1.29, 1.82) is 0 Å². The highest BCUT2D eigenvalue weighted by Crippen LogP contribution is 2.39. The van der Waals surface area contributed by atoms with Gasteiger partial charge in [-0.25, -0.2) is 19.3 Å². The van der Waals surface area contributed by atoms with E-state index in [1.807, 2.05) is 13.8 Å². The Kier molecular flexibility index (Phi) is 6.00. The lowest BCUT2D eigenvalue weighted by Gasteiger charge is -2.44. The molecule has 28 heavy (non-hydrogen) atoms. The van der Waals surface area contributed by atoms with E-state index >= 15 is 0 Å². The van der Waals surface area contributed by atoms with Crippen LogP contribution < -0.4 is 10.2 Å². The van der Waals surface area contributed by atoms with Crippen molar-refractivity contribution in [3.05, 3.63) is 15.6 Å². The fraction of sp³-hybridized carbons (Fsp3) is 0.611. The number of thioether (sulfide) groups is 1. The standard InChI is InChI=1S/C18H22BrClFN5OS/c1-3-10(27)14-9-6-5-8(22-9)7-26(14)17-11-13(23-18(25-17)28-4-2)12(21)16(20)24-15(11)19/h8-10,14,22,27H,3-7H2,1-2H3/t8-,9+,10+,14+/m1/s1. The van der Waals surface area contributed by atoms with E-state index in [0.29, 0.717) is 40.0 Å². The SMILES string of the molecule is CCSc1nc(N2C[C@H]3CC[C@H](N3)[C@H]2[C@@H](O)CC)c2c(Br)nc(Cl)c(F)c2n1. The van der Waals surface area contributed by atoms with Crippen LogP contribution >= 0.6 is 39.3 Å². The van der Waals surface area contributed by atoms with Gasteiger partial charge >= 0.3 is 0 Å². The van der Waals surface area contributed by atoms with Crippen LogP contribution in [0.2, 0.25) is 5.15 Å². The fourth-order valence-corrected chi connectivity index (χ4v) is 5.64. The first-order chi connectivity index (χ1) is 13.4. The van der Waals surface area contributed by atoms with Gasteiger partial charge in [0.05, 0.1) is 17.5 Å². The van der Waals surface area contributed by atoms with E-state index in [0.717, 1.165) is 18.6 Å². The van der Waals surface area contributed by atoms with E-state index in [2.05, 4.69) is 36.1 Å². The lowest BCUT2D eigenvalue weighted by molar-refractivity contribution is 0.112. The van der Waals surface area contributed by atoms with Gasteiger partial charge in [-0.1, -0.05) is 37.2 Å². The third-order valence-electron chi connectivity index (χ3n) is 5.48. The number of aliphatic hydroxyl groups is 1. The average Bonchev–Trinajstić information content (AvgIpc) is 3.06. The zero-order chi connectivity index (χ0) is 20.0. The molecule has 2 N–H and O–H groups in total. The second-order valence-electron chi connectivity index (χ2n) is 7.16. The molecule has 0 aliphatic carbocycles. The quantitative estimate of drug-likeness (QED) is 0.375. The smallest absolute Gasteiger partial charge is 0.190 e. The van der Waals surface area contributed by atoms with Crippen LogP contribution in [0.3, 0.4) is 0 Å². The summed E-state index contributed by atoms with van der Waals surface area (Å²) in [7, 11) is 0. The van der Waals surface area contributed by atoms with Crippen molar-refractivity contribution in [2.45, 2.75) is 62.5 Å². The topological polar surface area (TPSA) is 74.2 Å². The highest BCUT2D eigenvalue weighted by molar-refractivity contribution is 9.10. The number of rotatable bonds is 5. The molecule has 4 atom stereocenters. The van der Waals surface area contributed by atoms with Crippen molar-refractivity contribution in [3.63, 3.8) is 0 Å². The zero-order valence-electron chi connectivity index (χ0n) is 15.6. The maximum atomic E-state index is 14.8. The van der Waals surface area contributed by atoms with Crippen LogP contribution in [0, 0.1) is 5.82 Å². The van der Waals surface area contributed by atoms with E-state index in [9.17, 15) is 9.50 Å². The van der Waals surface area contributed by atoms with Gasteiger partial charge in [0.2, 0.25) is 0 Å². The molecule has 0 aromatic carbocycles. The lowest BCUT2D eigenvalue weighted by Crippen LogP contribution is -2.62. The van der Waals surface area contributed by atoms with E-state index in [1.54, 1.807) is 0 Å². The van der Waals surface area contributed by atoms with Crippen molar-refractivity contribution < 1.29 is 9.50 Å². The van der Waals surface area contributed by atoms with Crippen LogP contribution in [-0.2, 0) is 0 Å². The highest BCUT2D eigenvalue weighted by atomic mass is 79.9. The molecule has 0 spiro atoms. The molecular weight excluding hydrogens is 469 g/mol. The van der Waals surface area contributed by atoms with E-state index in [-0.39, 0.29) is 22.8 Å². The third-order valence-corrected chi connectivity index (χ3v) is 7.04. The number of fused-ring (bicyclic) bond motifs is 3. The predicted molar refractivity (Wildman–Crippen MR) is 114 cm³/mol. The Labute approximate surface area is 180 Å². The molecule has 2 aliphatic rings. The number of hydrogen-bond acceptors (Lipinski definition) is 7. The van der Waals surface area contributed by atoms with Crippen LogP contribution in [-0.4, -0.2) is 56.6 Å². The number of aliphatic hydroxyl groups excluding tert-OH is 1. The summed E-state index contributed by atoms with van der Waals surface area (Å²) < 4.78 is 15.2. The summed E-state index contributed by atoms with van der Waals surface area (Å²) in [4.78, 5) is 15.4. The molecule has 0 radical (unpaired) electrons. The molecule has 2 bridgehead atoms. The molecule has 152 valence electrons. The first kappa shape index (κ1) is 20.5. The van der Waals surface area contributed by atoms with Gasteiger partial charge in [-0.3, -0.25) is 0 Å². The fourth-order valence-electron chi connectivity index (χ4n) is 4.25. The molecule has 4 heterocycles. The predicted octanol–water partition coefficient (Wildman–Crippen LogP) is 3.77. The number of pyridine rings is 1. The molecule has 0 amide bonds. The Bertz CT molecular complexity index is 906. The Morgan fingerprint density at radius 3 is 2.86 bits per heavy atom. The maximum Gasteiger partial charge on any atom is 0.190 e. The summed E-state index contributed by atoms with van der Waals surface area (Å²) in [5, 5.41) is 15.2. The van der Waals surface area contributed by atoms with Gasteiger partial charge in [0.1, 0.15) is 15.9 Å². The third kappa shape index (κ3) is 3.49. The van der Waals surface area contributed by atoms with Gasteiger partial charge in [-0.15, -0.1) is 0 Å². The van der Waals surface area contributed by atoms with Gasteiger partial charge in [-0.2, -0.15) is 0 Å². The molecule has 2 saturated heterocycles. The Hall–Kier alpha value is -0.740. The summed E-state index contributed by atoms with van der Waals surface area (Å²) in [6, 6.07) is 0.346. The zero-order valence-corrected chi connectivity index (χ0v) is 18.8. The summed E-state index contributed by atoms with van der Waals surface area (Å²) >= 11 is 10.8. The number of nitrogens with one attached hydrogen (secondary N) is 1. The number of piperazine rings is 1. The Balaban J connectivity index is 1.94. The Morgan fingerprint density at radius 2 is 2.14 bits per heavy atom. The van der Waals surface area contributed by atoms with Gasteiger partial charge in [0.25, 0.3) is 0 Å². The highest BCUT2D eigenvalue weighted by Gasteiger charge is 2.44. The summed E-state index contributed by atoms with van der Waals surface area (Å²) in [6.07, 6.45) is 2.16. The van der Waals surface area contributed by atoms with Crippen LogP contribution in [0.4, 0.5) is 10.2 Å². The number of hydrogen-bond donors (Lipinski definition) is 2. The number of halogens is 3. The summed E-state index contributed by atoms with van der Waals surface area (Å²) in [5.41, 5.74) is 0.156. The van der Waals surface area contributed by atoms with Crippen LogP contribution in [0.1, 0.15) is 33.1 Å². The summed E-state index contributed by atoms with van der Waals surface area (Å²) in [6.45, 7) is 4.66. The molecule has 2 aromatic rings. The molecule has 0 saturated carbocycles.